The molecular formula is C15H15N3O2. The van der Waals surface area contributed by atoms with Gasteiger partial charge in [0.1, 0.15) is 11.0 Å². The number of aromatic amines is 1. The first-order valence-electron chi connectivity index (χ1n) is 6.90. The zero-order valence-electron chi connectivity index (χ0n) is 11.0. The van der Waals surface area contributed by atoms with E-state index in [1.54, 1.807) is 10.9 Å². The van der Waals surface area contributed by atoms with Crippen molar-refractivity contribution >= 4 is 21.9 Å². The second-order valence-corrected chi connectivity index (χ2v) is 5.23. The lowest BCUT2D eigenvalue weighted by molar-refractivity contribution is 0.0960. The minimum atomic E-state index is -0.0262. The average molecular weight is 269 g/mol. The molecule has 5 heteroatoms. The summed E-state index contributed by atoms with van der Waals surface area (Å²) in [4.78, 5) is 20.1. The number of benzene rings is 1. The van der Waals surface area contributed by atoms with E-state index in [4.69, 9.17) is 4.74 Å². The van der Waals surface area contributed by atoms with Gasteiger partial charge in [-0.3, -0.25) is 9.36 Å². The van der Waals surface area contributed by atoms with Crippen LogP contribution in [0.3, 0.4) is 0 Å². The molecule has 0 unspecified atom stereocenters. The Morgan fingerprint density at radius 1 is 1.40 bits per heavy atom. The maximum atomic E-state index is 12.5. The Kier molecular flexibility index (Phi) is 2.60. The normalized spacial score (nSPS) is 19.1. The van der Waals surface area contributed by atoms with Gasteiger partial charge in [-0.1, -0.05) is 18.2 Å². The van der Waals surface area contributed by atoms with Crippen LogP contribution in [0.1, 0.15) is 12.8 Å². The fourth-order valence-corrected chi connectivity index (χ4v) is 2.88. The van der Waals surface area contributed by atoms with Crippen molar-refractivity contribution in [3.63, 3.8) is 0 Å². The number of hydrogen-bond acceptors (Lipinski definition) is 3. The first-order chi connectivity index (χ1) is 9.83. The lowest BCUT2D eigenvalue weighted by Gasteiger charge is -2.10. The molecule has 2 aromatic heterocycles. The number of nitrogens with zero attached hydrogens (tertiary/aromatic N) is 2. The zero-order chi connectivity index (χ0) is 13.5. The maximum Gasteiger partial charge on any atom is 0.277 e. The number of rotatable bonds is 2. The van der Waals surface area contributed by atoms with Gasteiger partial charge in [0, 0.05) is 17.5 Å². The summed E-state index contributed by atoms with van der Waals surface area (Å²) in [7, 11) is 0. The van der Waals surface area contributed by atoms with E-state index in [-0.39, 0.29) is 11.7 Å². The van der Waals surface area contributed by atoms with Crippen molar-refractivity contribution in [3.05, 3.63) is 40.9 Å². The quantitative estimate of drug-likeness (QED) is 0.774. The van der Waals surface area contributed by atoms with Gasteiger partial charge in [-0.2, -0.15) is 0 Å². The fourth-order valence-electron chi connectivity index (χ4n) is 2.88. The summed E-state index contributed by atoms with van der Waals surface area (Å²) in [6.07, 6.45) is 3.85. The Morgan fingerprint density at radius 3 is 3.15 bits per heavy atom. The van der Waals surface area contributed by atoms with E-state index in [2.05, 4.69) is 9.97 Å². The Hall–Kier alpha value is -2.14. The predicted octanol–water partition coefficient (Wildman–Crippen LogP) is 2.06. The Morgan fingerprint density at radius 2 is 2.30 bits per heavy atom. The van der Waals surface area contributed by atoms with Gasteiger partial charge in [0.05, 0.1) is 19.0 Å². The Labute approximate surface area is 115 Å². The summed E-state index contributed by atoms with van der Waals surface area (Å²) in [5, 5.41) is 0.990. The third-order valence-electron chi connectivity index (χ3n) is 3.90. The number of fused-ring (bicyclic) bond motifs is 3. The van der Waals surface area contributed by atoms with Crippen molar-refractivity contribution < 1.29 is 4.74 Å². The zero-order valence-corrected chi connectivity index (χ0v) is 11.0. The molecule has 1 atom stereocenters. The molecule has 0 saturated carbocycles. The molecule has 0 amide bonds. The van der Waals surface area contributed by atoms with Crippen LogP contribution in [-0.4, -0.2) is 27.2 Å². The molecule has 0 spiro atoms. The van der Waals surface area contributed by atoms with Gasteiger partial charge in [0.25, 0.3) is 5.56 Å². The number of H-pyrrole nitrogens is 1. The van der Waals surface area contributed by atoms with Gasteiger partial charge in [0.15, 0.2) is 0 Å². The highest BCUT2D eigenvalue weighted by Crippen LogP contribution is 2.21. The van der Waals surface area contributed by atoms with Gasteiger partial charge in [-0.15, -0.1) is 0 Å². The third-order valence-corrected chi connectivity index (χ3v) is 3.90. The number of para-hydroxylation sites is 1. The highest BCUT2D eigenvalue weighted by molar-refractivity contribution is 6.04. The van der Waals surface area contributed by atoms with Crippen LogP contribution in [0.2, 0.25) is 0 Å². The van der Waals surface area contributed by atoms with Gasteiger partial charge in [0.2, 0.25) is 0 Å². The van der Waals surface area contributed by atoms with Gasteiger partial charge in [-0.05, 0) is 18.9 Å². The summed E-state index contributed by atoms with van der Waals surface area (Å²) < 4.78 is 7.23. The van der Waals surface area contributed by atoms with Crippen molar-refractivity contribution in [3.8, 4) is 0 Å². The Balaban J connectivity index is 1.85. The van der Waals surface area contributed by atoms with Crippen LogP contribution in [0.5, 0.6) is 0 Å². The van der Waals surface area contributed by atoms with Crippen LogP contribution in [0, 0.1) is 0 Å². The van der Waals surface area contributed by atoms with E-state index in [0.717, 1.165) is 35.9 Å². The van der Waals surface area contributed by atoms with Crippen molar-refractivity contribution in [1.29, 1.82) is 0 Å². The molecule has 1 aliphatic heterocycles. The van der Waals surface area contributed by atoms with Crippen LogP contribution < -0.4 is 5.56 Å². The molecule has 0 radical (unpaired) electrons. The predicted molar refractivity (Wildman–Crippen MR) is 76.8 cm³/mol. The van der Waals surface area contributed by atoms with Crippen molar-refractivity contribution in [2.24, 2.45) is 0 Å². The average Bonchev–Trinajstić information content (AvgIpc) is 3.09. The Bertz CT molecular complexity index is 828. The molecular weight excluding hydrogens is 254 g/mol. The molecule has 5 nitrogen and oxygen atoms in total. The molecule has 4 rings (SSSR count). The third kappa shape index (κ3) is 1.74. The smallest absolute Gasteiger partial charge is 0.277 e. The lowest BCUT2D eigenvalue weighted by atomic mass is 10.2. The lowest BCUT2D eigenvalue weighted by Crippen LogP contribution is -2.26. The molecule has 1 N–H and O–H groups in total. The number of aromatic nitrogens is 3. The summed E-state index contributed by atoms with van der Waals surface area (Å²) in [6.45, 7) is 1.37. The van der Waals surface area contributed by atoms with E-state index in [1.807, 2.05) is 24.3 Å². The summed E-state index contributed by atoms with van der Waals surface area (Å²) in [6, 6.07) is 7.84. The molecule has 0 bridgehead atoms. The second kappa shape index (κ2) is 4.45. The summed E-state index contributed by atoms with van der Waals surface area (Å²) >= 11 is 0. The first kappa shape index (κ1) is 11.7. The van der Waals surface area contributed by atoms with Crippen molar-refractivity contribution in [1.82, 2.24) is 14.5 Å². The maximum absolute atomic E-state index is 12.5. The van der Waals surface area contributed by atoms with Crippen LogP contribution in [0.15, 0.2) is 35.4 Å². The molecule has 1 saturated heterocycles. The standard InChI is InChI=1S/C15H15N3O2/c19-15-14-13(11-5-1-2-6-12(11)17-14)16-9-18(15)8-10-4-3-7-20-10/h1-2,5-6,9-10,17H,3-4,7-8H2/t10-/m0/s1. The number of hydrogen-bond donors (Lipinski definition) is 1. The van der Waals surface area contributed by atoms with E-state index in [0.29, 0.717) is 12.1 Å². The van der Waals surface area contributed by atoms with Crippen LogP contribution in [0.4, 0.5) is 0 Å². The molecule has 0 aliphatic carbocycles. The van der Waals surface area contributed by atoms with E-state index < -0.39 is 0 Å². The van der Waals surface area contributed by atoms with Gasteiger partial charge >= 0.3 is 0 Å². The molecule has 1 aromatic carbocycles. The number of nitrogens with one attached hydrogen (secondary N) is 1. The fraction of sp³-hybridized carbons (Fsp3) is 0.333. The van der Waals surface area contributed by atoms with Gasteiger partial charge < -0.3 is 9.72 Å². The highest BCUT2D eigenvalue weighted by atomic mass is 16.5. The first-order valence-corrected chi connectivity index (χ1v) is 6.90. The largest absolute Gasteiger partial charge is 0.376 e. The minimum Gasteiger partial charge on any atom is -0.376 e. The summed E-state index contributed by atoms with van der Waals surface area (Å²) in [5.74, 6) is 0. The minimum absolute atomic E-state index is 0.0262. The van der Waals surface area contributed by atoms with E-state index in [1.165, 1.54) is 0 Å². The van der Waals surface area contributed by atoms with E-state index in [9.17, 15) is 4.79 Å². The van der Waals surface area contributed by atoms with Crippen molar-refractivity contribution in [2.45, 2.75) is 25.5 Å². The topological polar surface area (TPSA) is 59.9 Å². The van der Waals surface area contributed by atoms with Gasteiger partial charge in [-0.25, -0.2) is 4.98 Å². The van der Waals surface area contributed by atoms with Crippen LogP contribution in [-0.2, 0) is 11.3 Å². The highest BCUT2D eigenvalue weighted by Gasteiger charge is 2.18. The SMILES string of the molecule is O=c1c2[nH]c3ccccc3c2ncn1C[C@@H]1CCCO1. The molecule has 3 heterocycles. The van der Waals surface area contributed by atoms with Crippen LogP contribution in [0.25, 0.3) is 21.9 Å². The monoisotopic (exact) mass is 269 g/mol. The molecule has 102 valence electrons. The van der Waals surface area contributed by atoms with E-state index >= 15 is 0 Å². The number of ether oxygens (including phenoxy) is 1. The second-order valence-electron chi connectivity index (χ2n) is 5.23. The molecule has 20 heavy (non-hydrogen) atoms. The van der Waals surface area contributed by atoms with Crippen LogP contribution >= 0.6 is 0 Å². The molecule has 3 aromatic rings. The summed E-state index contributed by atoms with van der Waals surface area (Å²) in [5.41, 5.74) is 2.24. The molecule has 1 fully saturated rings. The van der Waals surface area contributed by atoms with Crippen molar-refractivity contribution in [2.75, 3.05) is 6.61 Å². The molecule has 1 aliphatic rings.